The Morgan fingerprint density at radius 1 is 1.16 bits per heavy atom. The molecule has 0 unspecified atom stereocenters. The normalized spacial score (nSPS) is 10.8. The van der Waals surface area contributed by atoms with Crippen LogP contribution in [0.1, 0.15) is 15.9 Å². The van der Waals surface area contributed by atoms with Crippen LogP contribution in [-0.2, 0) is 0 Å². The number of fused-ring (bicyclic) bond motifs is 1. The van der Waals surface area contributed by atoms with E-state index in [0.29, 0.717) is 21.2 Å². The molecule has 94 valence electrons. The van der Waals surface area contributed by atoms with Gasteiger partial charge in [0.15, 0.2) is 5.78 Å². The highest BCUT2D eigenvalue weighted by atomic mass is 35.5. The summed E-state index contributed by atoms with van der Waals surface area (Å²) in [5.74, 6) is -0.113. The largest absolute Gasteiger partial charge is 0.360 e. The maximum Gasteiger partial charge on any atom is 0.195 e. The summed E-state index contributed by atoms with van der Waals surface area (Å²) in [6.07, 6.45) is 5.01. The van der Waals surface area contributed by atoms with Gasteiger partial charge in [-0.25, -0.2) is 0 Å². The number of rotatable bonds is 2. The molecule has 0 aliphatic carbocycles. The molecule has 0 aliphatic rings. The molecular weight excluding hydrogens is 283 g/mol. The van der Waals surface area contributed by atoms with Crippen LogP contribution in [-0.4, -0.2) is 15.8 Å². The average Bonchev–Trinajstić information content (AvgIpc) is 2.85. The molecule has 0 fully saturated rings. The smallest absolute Gasteiger partial charge is 0.195 e. The Kier molecular flexibility index (Phi) is 3.01. The van der Waals surface area contributed by atoms with E-state index < -0.39 is 0 Å². The Morgan fingerprint density at radius 2 is 2.00 bits per heavy atom. The van der Waals surface area contributed by atoms with E-state index in [1.165, 1.54) is 0 Å². The van der Waals surface area contributed by atoms with Crippen molar-refractivity contribution in [3.05, 3.63) is 64.0 Å². The highest BCUT2D eigenvalue weighted by Crippen LogP contribution is 2.25. The number of H-pyrrole nitrogens is 1. The van der Waals surface area contributed by atoms with Gasteiger partial charge in [0.2, 0.25) is 0 Å². The summed E-state index contributed by atoms with van der Waals surface area (Å²) < 4.78 is 0. The molecule has 0 aliphatic heterocycles. The van der Waals surface area contributed by atoms with E-state index in [4.69, 9.17) is 23.2 Å². The van der Waals surface area contributed by atoms with Gasteiger partial charge in [-0.15, -0.1) is 0 Å². The highest BCUT2D eigenvalue weighted by molar-refractivity contribution is 6.42. The second kappa shape index (κ2) is 4.68. The van der Waals surface area contributed by atoms with Gasteiger partial charge < -0.3 is 4.98 Å². The highest BCUT2D eigenvalue weighted by Gasteiger charge is 2.15. The van der Waals surface area contributed by atoms with Gasteiger partial charge in [-0.05, 0) is 24.3 Å². The van der Waals surface area contributed by atoms with Gasteiger partial charge in [-0.3, -0.25) is 9.78 Å². The summed E-state index contributed by atoms with van der Waals surface area (Å²) in [7, 11) is 0. The van der Waals surface area contributed by atoms with Crippen LogP contribution in [0.4, 0.5) is 0 Å². The number of carbonyl (C=O) groups is 1. The van der Waals surface area contributed by atoms with Crippen molar-refractivity contribution in [1.29, 1.82) is 0 Å². The predicted octanol–water partition coefficient (Wildman–Crippen LogP) is 4.10. The molecule has 0 amide bonds. The molecule has 0 spiro atoms. The van der Waals surface area contributed by atoms with Crippen molar-refractivity contribution < 1.29 is 4.79 Å². The van der Waals surface area contributed by atoms with Crippen molar-refractivity contribution in [3.8, 4) is 0 Å². The number of carbonyl (C=O) groups excluding carboxylic acids is 1. The Morgan fingerprint density at radius 3 is 2.79 bits per heavy atom. The average molecular weight is 291 g/mol. The Balaban J connectivity index is 2.11. The molecule has 3 nitrogen and oxygen atoms in total. The zero-order valence-electron chi connectivity index (χ0n) is 9.65. The molecule has 3 aromatic rings. The Labute approximate surface area is 119 Å². The van der Waals surface area contributed by atoms with Crippen LogP contribution in [0.25, 0.3) is 10.9 Å². The summed E-state index contributed by atoms with van der Waals surface area (Å²) in [5, 5.41) is 1.59. The van der Waals surface area contributed by atoms with Crippen LogP contribution >= 0.6 is 23.2 Å². The summed E-state index contributed by atoms with van der Waals surface area (Å²) in [6, 6.07) is 6.67. The molecule has 3 rings (SSSR count). The van der Waals surface area contributed by atoms with E-state index in [-0.39, 0.29) is 5.78 Å². The lowest BCUT2D eigenvalue weighted by Gasteiger charge is -2.01. The number of nitrogens with one attached hydrogen (secondary N) is 1. The van der Waals surface area contributed by atoms with Gasteiger partial charge in [-0.1, -0.05) is 23.2 Å². The molecule has 1 aromatic carbocycles. The molecule has 5 heteroatoms. The first-order chi connectivity index (χ1) is 9.16. The molecule has 2 heterocycles. The van der Waals surface area contributed by atoms with Gasteiger partial charge in [0.1, 0.15) is 0 Å². The lowest BCUT2D eigenvalue weighted by atomic mass is 10.0. The Hall–Kier alpha value is -1.84. The van der Waals surface area contributed by atoms with Crippen LogP contribution in [0.15, 0.2) is 42.9 Å². The topological polar surface area (TPSA) is 45.8 Å². The first kappa shape index (κ1) is 12.2. The number of nitrogens with zero attached hydrogens (tertiary/aromatic N) is 1. The zero-order valence-corrected chi connectivity index (χ0v) is 11.2. The summed E-state index contributed by atoms with van der Waals surface area (Å²) in [6.45, 7) is 0. The van der Waals surface area contributed by atoms with E-state index in [2.05, 4.69) is 9.97 Å². The fraction of sp³-hybridized carbons (Fsp3) is 0. The third-order valence-corrected chi connectivity index (χ3v) is 3.65. The second-order valence-corrected chi connectivity index (χ2v) is 4.90. The van der Waals surface area contributed by atoms with E-state index in [0.717, 1.165) is 10.9 Å². The summed E-state index contributed by atoms with van der Waals surface area (Å²) in [5.41, 5.74) is 1.94. The summed E-state index contributed by atoms with van der Waals surface area (Å²) in [4.78, 5) is 19.5. The third kappa shape index (κ3) is 2.11. The van der Waals surface area contributed by atoms with Crippen molar-refractivity contribution >= 4 is 39.9 Å². The number of hydrogen-bond donors (Lipinski definition) is 1. The van der Waals surface area contributed by atoms with Gasteiger partial charge in [0.05, 0.1) is 10.0 Å². The molecule has 0 saturated heterocycles. The molecular formula is C14H8Cl2N2O. The third-order valence-electron chi connectivity index (χ3n) is 2.91. The van der Waals surface area contributed by atoms with E-state index in [1.54, 1.807) is 36.8 Å². The maximum atomic E-state index is 12.4. The number of hydrogen-bond acceptors (Lipinski definition) is 2. The molecule has 2 aromatic heterocycles. The predicted molar refractivity (Wildman–Crippen MR) is 76.0 cm³/mol. The first-order valence-electron chi connectivity index (χ1n) is 5.57. The quantitative estimate of drug-likeness (QED) is 0.722. The van der Waals surface area contributed by atoms with Gasteiger partial charge in [-0.2, -0.15) is 0 Å². The van der Waals surface area contributed by atoms with Crippen molar-refractivity contribution in [2.24, 2.45) is 0 Å². The monoisotopic (exact) mass is 290 g/mol. The zero-order chi connectivity index (χ0) is 13.4. The van der Waals surface area contributed by atoms with Crippen molar-refractivity contribution in [2.75, 3.05) is 0 Å². The molecule has 19 heavy (non-hydrogen) atoms. The SMILES string of the molecule is O=C(c1ccc(Cl)c(Cl)c1)c1c[nH]c2ccncc12. The minimum Gasteiger partial charge on any atom is -0.360 e. The van der Waals surface area contributed by atoms with E-state index >= 15 is 0 Å². The van der Waals surface area contributed by atoms with E-state index in [9.17, 15) is 4.79 Å². The van der Waals surface area contributed by atoms with Crippen molar-refractivity contribution in [1.82, 2.24) is 9.97 Å². The molecule has 0 saturated carbocycles. The van der Waals surface area contributed by atoms with Crippen molar-refractivity contribution in [3.63, 3.8) is 0 Å². The van der Waals surface area contributed by atoms with Crippen LogP contribution in [0.2, 0.25) is 10.0 Å². The van der Waals surface area contributed by atoms with Crippen molar-refractivity contribution in [2.45, 2.75) is 0 Å². The fourth-order valence-corrected chi connectivity index (χ4v) is 2.24. The number of ketones is 1. The Bertz CT molecular complexity index is 780. The van der Waals surface area contributed by atoms with Crippen LogP contribution in [0.5, 0.6) is 0 Å². The molecule has 0 bridgehead atoms. The standard InChI is InChI=1S/C14H8Cl2N2O/c15-11-2-1-8(5-12(11)16)14(19)10-7-18-13-3-4-17-6-9(10)13/h1-7,18H. The molecule has 0 atom stereocenters. The van der Waals surface area contributed by atoms with Gasteiger partial charge in [0.25, 0.3) is 0 Å². The maximum absolute atomic E-state index is 12.4. The lowest BCUT2D eigenvalue weighted by Crippen LogP contribution is -2.00. The van der Waals surface area contributed by atoms with Gasteiger partial charge in [0, 0.05) is 40.6 Å². The first-order valence-corrected chi connectivity index (χ1v) is 6.33. The van der Waals surface area contributed by atoms with Gasteiger partial charge >= 0.3 is 0 Å². The number of pyridine rings is 1. The minimum atomic E-state index is -0.113. The number of halogens is 2. The van der Waals surface area contributed by atoms with Crippen LogP contribution in [0.3, 0.4) is 0 Å². The fourth-order valence-electron chi connectivity index (χ4n) is 1.94. The van der Waals surface area contributed by atoms with Crippen LogP contribution in [0, 0.1) is 0 Å². The van der Waals surface area contributed by atoms with Crippen LogP contribution < -0.4 is 0 Å². The lowest BCUT2D eigenvalue weighted by molar-refractivity contribution is 0.104. The number of benzene rings is 1. The number of aromatic nitrogens is 2. The van der Waals surface area contributed by atoms with E-state index in [1.807, 2.05) is 6.07 Å². The minimum absolute atomic E-state index is 0.113. The number of aromatic amines is 1. The molecule has 0 radical (unpaired) electrons. The molecule has 1 N–H and O–H groups in total. The second-order valence-electron chi connectivity index (χ2n) is 4.08. The summed E-state index contributed by atoms with van der Waals surface area (Å²) >= 11 is 11.8.